The smallest absolute Gasteiger partial charge is 0.319 e. The van der Waals surface area contributed by atoms with E-state index in [1.165, 1.54) is 7.05 Å². The molecule has 3 nitrogen and oxygen atoms in total. The molecule has 0 saturated carbocycles. The Morgan fingerprint density at radius 1 is 1.14 bits per heavy atom. The molecular weight excluding hydrogens is 197 g/mol. The molecule has 0 aliphatic rings. The molecule has 6 heteroatoms. The Morgan fingerprint density at radius 2 is 1.71 bits per heavy atom. The maximum atomic E-state index is 12.9. The van der Waals surface area contributed by atoms with Gasteiger partial charge >= 0.3 is 6.03 Å². The molecule has 0 aliphatic carbocycles. The molecular formula is C8H7F3N2O. The molecule has 0 aliphatic heterocycles. The summed E-state index contributed by atoms with van der Waals surface area (Å²) in [6, 6.07) is 0.218. The number of carbonyl (C=O) groups is 1. The molecule has 1 aromatic rings. The predicted octanol–water partition coefficient (Wildman–Crippen LogP) is 1.86. The van der Waals surface area contributed by atoms with Gasteiger partial charge in [-0.15, -0.1) is 0 Å². The number of hydrogen-bond acceptors (Lipinski definition) is 1. The Hall–Kier alpha value is -1.72. The van der Waals surface area contributed by atoms with Crippen molar-refractivity contribution >= 4 is 11.7 Å². The second-order valence-electron chi connectivity index (χ2n) is 2.45. The summed E-state index contributed by atoms with van der Waals surface area (Å²) in [7, 11) is 1.31. The molecule has 0 radical (unpaired) electrons. The van der Waals surface area contributed by atoms with Crippen molar-refractivity contribution in [2.75, 3.05) is 12.4 Å². The number of benzene rings is 1. The molecule has 0 heterocycles. The number of nitrogens with one attached hydrogen (secondary N) is 2. The van der Waals surface area contributed by atoms with Crippen LogP contribution in [0.15, 0.2) is 12.1 Å². The van der Waals surface area contributed by atoms with Gasteiger partial charge in [0.15, 0.2) is 11.6 Å². The standard InChI is InChI=1S/C8H7F3N2O/c1-12-8(14)13-7-3-5(10)4(9)2-6(7)11/h2-3H,1H3,(H2,12,13,14). The van der Waals surface area contributed by atoms with E-state index in [1.54, 1.807) is 0 Å². The van der Waals surface area contributed by atoms with Gasteiger partial charge in [0, 0.05) is 19.2 Å². The molecule has 0 atom stereocenters. The van der Waals surface area contributed by atoms with E-state index in [9.17, 15) is 18.0 Å². The van der Waals surface area contributed by atoms with Crippen molar-refractivity contribution < 1.29 is 18.0 Å². The van der Waals surface area contributed by atoms with Crippen LogP contribution in [0.2, 0.25) is 0 Å². The molecule has 0 spiro atoms. The first-order valence-electron chi connectivity index (χ1n) is 3.68. The van der Waals surface area contributed by atoms with Crippen molar-refractivity contribution in [3.63, 3.8) is 0 Å². The average molecular weight is 204 g/mol. The number of carbonyl (C=O) groups excluding carboxylic acids is 1. The summed E-state index contributed by atoms with van der Waals surface area (Å²) in [6.07, 6.45) is 0. The molecule has 76 valence electrons. The Labute approximate surface area is 77.9 Å². The molecule has 14 heavy (non-hydrogen) atoms. The van der Waals surface area contributed by atoms with E-state index in [1.807, 2.05) is 5.32 Å². The maximum Gasteiger partial charge on any atom is 0.319 e. The fourth-order valence-electron chi connectivity index (χ4n) is 0.803. The normalized spacial score (nSPS) is 9.71. The van der Waals surface area contributed by atoms with E-state index in [2.05, 4.69) is 5.32 Å². The molecule has 0 bridgehead atoms. The topological polar surface area (TPSA) is 41.1 Å². The second kappa shape index (κ2) is 3.99. The van der Waals surface area contributed by atoms with E-state index in [0.717, 1.165) is 0 Å². The first kappa shape index (κ1) is 10.4. The summed E-state index contributed by atoms with van der Waals surface area (Å²) < 4.78 is 37.9. The average Bonchev–Trinajstić information content (AvgIpc) is 2.14. The van der Waals surface area contributed by atoms with E-state index in [-0.39, 0.29) is 0 Å². The first-order chi connectivity index (χ1) is 6.54. The third-order valence-electron chi connectivity index (χ3n) is 1.49. The molecule has 0 fully saturated rings. The molecule has 2 N–H and O–H groups in total. The SMILES string of the molecule is CNC(=O)Nc1cc(F)c(F)cc1F. The molecule has 0 saturated heterocycles. The summed E-state index contributed by atoms with van der Waals surface area (Å²) >= 11 is 0. The second-order valence-corrected chi connectivity index (χ2v) is 2.45. The Kier molecular flexibility index (Phi) is 2.95. The summed E-state index contributed by atoms with van der Waals surface area (Å²) in [5.74, 6) is -3.56. The Bertz CT molecular complexity index is 368. The third-order valence-corrected chi connectivity index (χ3v) is 1.49. The predicted molar refractivity (Wildman–Crippen MR) is 44.4 cm³/mol. The number of anilines is 1. The van der Waals surface area contributed by atoms with Gasteiger partial charge in [0.1, 0.15) is 5.82 Å². The van der Waals surface area contributed by atoms with Crippen LogP contribution in [0.3, 0.4) is 0 Å². The zero-order valence-corrected chi connectivity index (χ0v) is 7.20. The summed E-state index contributed by atoms with van der Waals surface area (Å²) in [4.78, 5) is 10.7. The zero-order valence-electron chi connectivity index (χ0n) is 7.20. The number of rotatable bonds is 1. The van der Waals surface area contributed by atoms with E-state index in [4.69, 9.17) is 0 Å². The fourth-order valence-corrected chi connectivity index (χ4v) is 0.803. The third kappa shape index (κ3) is 2.15. The quantitative estimate of drug-likeness (QED) is 0.673. The highest BCUT2D eigenvalue weighted by atomic mass is 19.2. The lowest BCUT2D eigenvalue weighted by Gasteiger charge is -2.05. The Morgan fingerprint density at radius 3 is 2.29 bits per heavy atom. The minimum Gasteiger partial charge on any atom is -0.341 e. The van der Waals surface area contributed by atoms with Crippen molar-refractivity contribution in [2.45, 2.75) is 0 Å². The number of hydrogen-bond donors (Lipinski definition) is 2. The zero-order chi connectivity index (χ0) is 10.7. The highest BCUT2D eigenvalue weighted by molar-refractivity contribution is 5.89. The van der Waals surface area contributed by atoms with Gasteiger partial charge in [-0.2, -0.15) is 0 Å². The summed E-state index contributed by atoms with van der Waals surface area (Å²) in [5, 5.41) is 4.14. The lowest BCUT2D eigenvalue weighted by atomic mass is 10.3. The van der Waals surface area contributed by atoms with Crippen LogP contribution in [0, 0.1) is 17.5 Å². The highest BCUT2D eigenvalue weighted by Gasteiger charge is 2.10. The fraction of sp³-hybridized carbons (Fsp3) is 0.125. The molecule has 0 unspecified atom stereocenters. The summed E-state index contributed by atoms with van der Waals surface area (Å²) in [5.41, 5.74) is -0.414. The van der Waals surface area contributed by atoms with Gasteiger partial charge in [0.05, 0.1) is 5.69 Å². The van der Waals surface area contributed by atoms with Gasteiger partial charge in [0.2, 0.25) is 0 Å². The molecule has 1 rings (SSSR count). The minimum atomic E-state index is -1.30. The van der Waals surface area contributed by atoms with Crippen LogP contribution >= 0.6 is 0 Å². The number of halogens is 3. The maximum absolute atomic E-state index is 12.9. The largest absolute Gasteiger partial charge is 0.341 e. The van der Waals surface area contributed by atoms with Crippen LogP contribution in [0.25, 0.3) is 0 Å². The van der Waals surface area contributed by atoms with Gasteiger partial charge in [-0.3, -0.25) is 0 Å². The van der Waals surface area contributed by atoms with Crippen LogP contribution < -0.4 is 10.6 Å². The van der Waals surface area contributed by atoms with Gasteiger partial charge in [-0.25, -0.2) is 18.0 Å². The van der Waals surface area contributed by atoms with Gasteiger partial charge < -0.3 is 10.6 Å². The number of amides is 2. The van der Waals surface area contributed by atoms with Gasteiger partial charge in [0.25, 0.3) is 0 Å². The van der Waals surface area contributed by atoms with E-state index >= 15 is 0 Å². The minimum absolute atomic E-state index is 0.362. The van der Waals surface area contributed by atoms with Crippen LogP contribution in [-0.4, -0.2) is 13.1 Å². The lowest BCUT2D eigenvalue weighted by Crippen LogP contribution is -2.25. The molecule has 2 amide bonds. The molecule has 1 aromatic carbocycles. The van der Waals surface area contributed by atoms with E-state index in [0.29, 0.717) is 12.1 Å². The van der Waals surface area contributed by atoms with Crippen LogP contribution in [0.5, 0.6) is 0 Å². The first-order valence-corrected chi connectivity index (χ1v) is 3.68. The van der Waals surface area contributed by atoms with Crippen molar-refractivity contribution in [2.24, 2.45) is 0 Å². The lowest BCUT2D eigenvalue weighted by molar-refractivity contribution is 0.254. The van der Waals surface area contributed by atoms with Gasteiger partial charge in [-0.1, -0.05) is 0 Å². The summed E-state index contributed by atoms with van der Waals surface area (Å²) in [6.45, 7) is 0. The van der Waals surface area contributed by atoms with Crippen LogP contribution in [0.4, 0.5) is 23.7 Å². The number of urea groups is 1. The van der Waals surface area contributed by atoms with Crippen molar-refractivity contribution in [3.8, 4) is 0 Å². The van der Waals surface area contributed by atoms with Gasteiger partial charge in [-0.05, 0) is 0 Å². The van der Waals surface area contributed by atoms with E-state index < -0.39 is 29.2 Å². The highest BCUT2D eigenvalue weighted by Crippen LogP contribution is 2.17. The van der Waals surface area contributed by atoms with Crippen molar-refractivity contribution in [1.82, 2.24) is 5.32 Å². The van der Waals surface area contributed by atoms with Crippen LogP contribution in [0.1, 0.15) is 0 Å². The molecule has 0 aromatic heterocycles. The Balaban J connectivity index is 2.98. The van der Waals surface area contributed by atoms with Crippen molar-refractivity contribution in [1.29, 1.82) is 0 Å². The van der Waals surface area contributed by atoms with Crippen LogP contribution in [-0.2, 0) is 0 Å². The monoisotopic (exact) mass is 204 g/mol. The van der Waals surface area contributed by atoms with Crippen molar-refractivity contribution in [3.05, 3.63) is 29.6 Å².